The molecular weight excluding hydrogens is 898 g/mol. The summed E-state index contributed by atoms with van der Waals surface area (Å²) in [6.07, 6.45) is -11.0. The maximum Gasteiger partial charge on any atom is 0.481 e. The van der Waals surface area contributed by atoms with Gasteiger partial charge in [0.1, 0.15) is 48.2 Å². The molecule has 0 aromatic carbocycles. The van der Waals surface area contributed by atoms with Crippen LogP contribution in [0.2, 0.25) is 0 Å². The van der Waals surface area contributed by atoms with Crippen molar-refractivity contribution >= 4 is 69.1 Å². The third-order valence-electron chi connectivity index (χ3n) is 8.63. The fraction of sp³-hybridized carbons (Fsp3) is 0.643. The standard InChI is InChI=1S/C28H43FN7O20P3S/c1-27(2,21(41)24(42)32-4-3-16(38)31-5-6-60-26(43)28(44)7-13(29)18(39)14(37)8-28)10-53-59(50,51)56-58(48,49)52-9-15-20(55-57(45,46)47)19(40)25(54-15)36-12-35-17-22(30)33-11-34-23(17)36/h7,11-12,14-15,18-21,25,37,39-41,44H,3-6,8-10H2,1-2H3,(H,31,38)(H,32,42)(H,48,49)(H,50,51)(H2,30,33,34)(H2,45,46,47). The molecule has 1 saturated heterocycles. The Morgan fingerprint density at radius 2 is 1.75 bits per heavy atom. The molecule has 2 aromatic rings. The van der Waals surface area contributed by atoms with Crippen LogP contribution in [0.4, 0.5) is 10.2 Å². The van der Waals surface area contributed by atoms with Gasteiger partial charge in [-0.2, -0.15) is 4.31 Å². The van der Waals surface area contributed by atoms with Crippen molar-refractivity contribution in [1.82, 2.24) is 30.2 Å². The van der Waals surface area contributed by atoms with Crippen LogP contribution >= 0.6 is 35.2 Å². The number of aliphatic hydroxyl groups excluding tert-OH is 4. The van der Waals surface area contributed by atoms with E-state index in [-0.39, 0.29) is 42.2 Å². The lowest BCUT2D eigenvalue weighted by molar-refractivity contribution is -0.137. The summed E-state index contributed by atoms with van der Waals surface area (Å²) in [7, 11) is -16.5. The zero-order chi connectivity index (χ0) is 45.0. The fourth-order valence-electron chi connectivity index (χ4n) is 5.53. The summed E-state index contributed by atoms with van der Waals surface area (Å²) < 4.78 is 75.7. The summed E-state index contributed by atoms with van der Waals surface area (Å²) in [6.45, 7) is -0.171. The van der Waals surface area contributed by atoms with E-state index in [9.17, 15) is 77.6 Å². The maximum atomic E-state index is 13.7. The molecule has 1 fully saturated rings. The molecule has 0 radical (unpaired) electrons. The first kappa shape index (κ1) is 49.8. The zero-order valence-corrected chi connectivity index (χ0v) is 34.7. The Bertz CT molecular complexity index is 2080. The Labute approximate surface area is 341 Å². The van der Waals surface area contributed by atoms with E-state index in [0.717, 1.165) is 17.2 Å². The number of nitrogens with zero attached hydrogens (tertiary/aromatic N) is 4. The second-order valence-electron chi connectivity index (χ2n) is 13.9. The average Bonchev–Trinajstić information content (AvgIpc) is 3.70. The van der Waals surface area contributed by atoms with Crippen molar-refractivity contribution in [2.45, 2.75) is 75.1 Å². The molecular formula is C28H43FN7O20P3S. The van der Waals surface area contributed by atoms with Gasteiger partial charge in [0.05, 0.1) is 25.6 Å². The van der Waals surface area contributed by atoms with Crippen LogP contribution in [0.5, 0.6) is 0 Å². The number of halogens is 1. The Morgan fingerprint density at radius 1 is 1.08 bits per heavy atom. The molecule has 10 unspecified atom stereocenters. The van der Waals surface area contributed by atoms with E-state index in [2.05, 4.69) is 34.4 Å². The number of hydrogen-bond donors (Lipinski definition) is 12. The number of phosphoric acid groups is 3. The predicted molar refractivity (Wildman–Crippen MR) is 198 cm³/mol. The Balaban J connectivity index is 1.22. The molecule has 27 nitrogen and oxygen atoms in total. The van der Waals surface area contributed by atoms with E-state index < -0.39 is 120 Å². The highest BCUT2D eigenvalue weighted by Gasteiger charge is 2.50. The number of carbonyl (C=O) groups excluding carboxylic acids is 3. The molecule has 4 rings (SSSR count). The van der Waals surface area contributed by atoms with Gasteiger partial charge in [-0.15, -0.1) is 0 Å². The number of rotatable bonds is 20. The van der Waals surface area contributed by atoms with E-state index in [1.165, 1.54) is 13.8 Å². The third-order valence-corrected chi connectivity index (χ3v) is 12.8. The number of amides is 2. The van der Waals surface area contributed by atoms with Gasteiger partial charge in [-0.1, -0.05) is 25.6 Å². The van der Waals surface area contributed by atoms with E-state index in [1.54, 1.807) is 0 Å². The molecule has 3 heterocycles. The molecule has 2 amide bonds. The van der Waals surface area contributed by atoms with Crippen molar-refractivity contribution in [1.29, 1.82) is 0 Å². The highest BCUT2D eigenvalue weighted by atomic mass is 32.2. The van der Waals surface area contributed by atoms with Crippen molar-refractivity contribution < 1.29 is 100 Å². The van der Waals surface area contributed by atoms with Gasteiger partial charge in [0.15, 0.2) is 23.3 Å². The smallest absolute Gasteiger partial charge is 0.390 e. The molecule has 1 aliphatic carbocycles. The molecule has 0 saturated carbocycles. The van der Waals surface area contributed by atoms with Crippen LogP contribution in [-0.2, 0) is 50.7 Å². The minimum absolute atomic E-state index is 0.00765. The minimum atomic E-state index is -5.62. The lowest BCUT2D eigenvalue weighted by Gasteiger charge is -2.32. The van der Waals surface area contributed by atoms with Gasteiger partial charge in [0, 0.05) is 37.1 Å². The number of anilines is 1. The van der Waals surface area contributed by atoms with Crippen LogP contribution in [0, 0.1) is 5.41 Å². The van der Waals surface area contributed by atoms with Gasteiger partial charge in [0.2, 0.25) is 16.9 Å². The van der Waals surface area contributed by atoms with Crippen LogP contribution in [0.3, 0.4) is 0 Å². The number of aromatic nitrogens is 4. The average molecular weight is 942 g/mol. The number of nitrogens with one attached hydrogen (secondary N) is 2. The van der Waals surface area contributed by atoms with E-state index in [0.29, 0.717) is 17.8 Å². The molecule has 32 heteroatoms. The van der Waals surface area contributed by atoms with Crippen molar-refractivity contribution in [3.05, 3.63) is 24.6 Å². The fourth-order valence-corrected chi connectivity index (χ4v) is 9.14. The van der Waals surface area contributed by atoms with Crippen LogP contribution in [0.1, 0.15) is 32.9 Å². The quantitative estimate of drug-likeness (QED) is 0.0477. The first-order valence-electron chi connectivity index (χ1n) is 17.2. The second-order valence-corrected chi connectivity index (χ2v) is 19.2. The highest BCUT2D eigenvalue weighted by molar-refractivity contribution is 8.13. The summed E-state index contributed by atoms with van der Waals surface area (Å²) >= 11 is 0.527. The zero-order valence-electron chi connectivity index (χ0n) is 31.2. The molecule has 2 aromatic heterocycles. The molecule has 2 aliphatic rings. The molecule has 60 heavy (non-hydrogen) atoms. The largest absolute Gasteiger partial charge is 0.481 e. The lowest BCUT2D eigenvalue weighted by Crippen LogP contribution is -2.47. The van der Waals surface area contributed by atoms with Gasteiger partial charge in [-0.25, -0.2) is 33.0 Å². The van der Waals surface area contributed by atoms with Crippen LogP contribution in [-0.4, -0.2) is 156 Å². The summed E-state index contributed by atoms with van der Waals surface area (Å²) in [4.78, 5) is 88.0. The minimum Gasteiger partial charge on any atom is -0.390 e. The number of thioether (sulfide) groups is 1. The summed E-state index contributed by atoms with van der Waals surface area (Å²) in [5.41, 5.74) is 1.76. The Hall–Kier alpha value is -2.89. The van der Waals surface area contributed by atoms with Gasteiger partial charge in [0.25, 0.3) is 0 Å². The number of ether oxygens (including phenoxy) is 1. The second kappa shape index (κ2) is 19.7. The Morgan fingerprint density at radius 3 is 2.40 bits per heavy atom. The van der Waals surface area contributed by atoms with Crippen molar-refractivity contribution in [2.24, 2.45) is 5.41 Å². The van der Waals surface area contributed by atoms with Gasteiger partial charge in [-0.05, 0) is 6.08 Å². The number of phosphoric ester groups is 3. The molecule has 1 aliphatic heterocycles. The van der Waals surface area contributed by atoms with Crippen molar-refractivity contribution in [3.8, 4) is 0 Å². The van der Waals surface area contributed by atoms with Crippen LogP contribution in [0.25, 0.3) is 11.2 Å². The summed E-state index contributed by atoms with van der Waals surface area (Å²) in [5, 5.41) is 54.6. The molecule has 338 valence electrons. The lowest BCUT2D eigenvalue weighted by atomic mass is 9.87. The third kappa shape index (κ3) is 13.1. The number of fused-ring (bicyclic) bond motifs is 1. The number of imidazole rings is 1. The van der Waals surface area contributed by atoms with E-state index in [4.69, 9.17) is 19.5 Å². The maximum absolute atomic E-state index is 13.7. The first-order valence-corrected chi connectivity index (χ1v) is 22.7. The van der Waals surface area contributed by atoms with E-state index >= 15 is 0 Å². The summed E-state index contributed by atoms with van der Waals surface area (Å²) in [6, 6.07) is 0. The molecule has 10 atom stereocenters. The molecule has 13 N–H and O–H groups in total. The topological polar surface area (TPSA) is 424 Å². The molecule has 0 bridgehead atoms. The van der Waals surface area contributed by atoms with Gasteiger partial charge in [-0.3, -0.25) is 32.5 Å². The van der Waals surface area contributed by atoms with Crippen LogP contribution in [0.15, 0.2) is 24.6 Å². The summed E-state index contributed by atoms with van der Waals surface area (Å²) in [5.74, 6) is -3.10. The number of aliphatic hydroxyl groups is 5. The number of nitrogens with two attached hydrogens (primary N) is 1. The first-order chi connectivity index (χ1) is 27.7. The number of carbonyl (C=O) groups is 3. The van der Waals surface area contributed by atoms with Crippen molar-refractivity contribution in [3.63, 3.8) is 0 Å². The Kier molecular flexibility index (Phi) is 16.3. The monoisotopic (exact) mass is 941 g/mol. The normalized spacial score (nSPS) is 27.4. The number of nitrogen functional groups attached to an aromatic ring is 1. The SMILES string of the molecule is CC(C)(COP(=O)(O)OP(=O)(O)OCC1OC(n2cnc3c(N)ncnc32)C(O)C1OP(=O)(O)O)C(O)C(=O)NCCC(=O)NCCSC(=O)C1(O)C=C(F)C(O)C(O)C1. The van der Waals surface area contributed by atoms with Crippen molar-refractivity contribution in [2.75, 3.05) is 37.8 Å². The van der Waals surface area contributed by atoms with E-state index in [1.807, 2.05) is 0 Å². The molecule has 0 spiro atoms. The number of hydrogen-bond acceptors (Lipinski definition) is 21. The van der Waals surface area contributed by atoms with Gasteiger partial charge < -0.3 is 66.2 Å². The van der Waals surface area contributed by atoms with Gasteiger partial charge >= 0.3 is 23.5 Å². The highest BCUT2D eigenvalue weighted by Crippen LogP contribution is 2.61. The predicted octanol–water partition coefficient (Wildman–Crippen LogP) is -2.63. The van der Waals surface area contributed by atoms with Crippen LogP contribution < -0.4 is 16.4 Å².